The minimum atomic E-state index is -0.166. The van der Waals surface area contributed by atoms with Gasteiger partial charge in [0, 0.05) is 23.3 Å². The molecule has 0 spiro atoms. The van der Waals surface area contributed by atoms with Crippen molar-refractivity contribution < 1.29 is 9.50 Å². The van der Waals surface area contributed by atoms with Gasteiger partial charge in [-0.3, -0.25) is 0 Å². The predicted octanol–water partition coefficient (Wildman–Crippen LogP) is 3.36. The normalized spacial score (nSPS) is 12.7. The lowest BCUT2D eigenvalue weighted by Crippen LogP contribution is -2.19. The summed E-state index contributed by atoms with van der Waals surface area (Å²) in [5.41, 5.74) is 0.979. The maximum Gasteiger partial charge on any atom is 0.137 e. The second kappa shape index (κ2) is 8.51. The van der Waals surface area contributed by atoms with Crippen LogP contribution in [0.5, 0.6) is 0 Å². The van der Waals surface area contributed by atoms with Crippen molar-refractivity contribution in [2.45, 2.75) is 37.6 Å². The van der Waals surface area contributed by atoms with Crippen LogP contribution in [0.1, 0.15) is 38.3 Å². The summed E-state index contributed by atoms with van der Waals surface area (Å²) in [5, 5.41) is 12.0. The summed E-state index contributed by atoms with van der Waals surface area (Å²) in [6, 6.07) is 5.58. The lowest BCUT2D eigenvalue weighted by atomic mass is 10.1. The van der Waals surface area contributed by atoms with Gasteiger partial charge in [-0.25, -0.2) is 4.39 Å². The lowest BCUT2D eigenvalue weighted by molar-refractivity contribution is 0.296. The molecular formula is C14H22FNOS. The van der Waals surface area contributed by atoms with Gasteiger partial charge in [0.2, 0.25) is 0 Å². The Morgan fingerprint density at radius 2 is 2.22 bits per heavy atom. The monoisotopic (exact) mass is 271 g/mol. The minimum absolute atomic E-state index is 0.157. The Kier molecular flexibility index (Phi) is 7.32. The Bertz CT molecular complexity index is 360. The molecule has 1 unspecified atom stereocenters. The van der Waals surface area contributed by atoms with Crippen molar-refractivity contribution in [1.29, 1.82) is 0 Å². The summed E-state index contributed by atoms with van der Waals surface area (Å²) in [5.74, 6) is 0.580. The molecule has 0 aromatic heterocycles. The van der Waals surface area contributed by atoms with Crippen LogP contribution in [0.4, 0.5) is 4.39 Å². The van der Waals surface area contributed by atoms with Gasteiger partial charge >= 0.3 is 0 Å². The van der Waals surface area contributed by atoms with Crippen molar-refractivity contribution in [3.05, 3.63) is 29.6 Å². The van der Waals surface area contributed by atoms with Crippen LogP contribution in [0.15, 0.2) is 23.1 Å². The highest BCUT2D eigenvalue weighted by atomic mass is 32.2. The Hall–Kier alpha value is -0.580. The van der Waals surface area contributed by atoms with Gasteiger partial charge in [-0.15, -0.1) is 11.8 Å². The molecule has 0 fully saturated rings. The van der Waals surface area contributed by atoms with E-state index >= 15 is 0 Å². The van der Waals surface area contributed by atoms with E-state index in [4.69, 9.17) is 5.11 Å². The summed E-state index contributed by atoms with van der Waals surface area (Å²) in [7, 11) is 0. The molecule has 102 valence electrons. The molecule has 0 bridgehead atoms. The van der Waals surface area contributed by atoms with Gasteiger partial charge in [0.1, 0.15) is 5.82 Å². The Morgan fingerprint density at radius 1 is 1.44 bits per heavy atom. The van der Waals surface area contributed by atoms with Gasteiger partial charge in [-0.1, -0.05) is 13.0 Å². The van der Waals surface area contributed by atoms with Crippen molar-refractivity contribution in [1.82, 2.24) is 5.32 Å². The summed E-state index contributed by atoms with van der Waals surface area (Å²) in [6.07, 6.45) is 1.77. The highest BCUT2D eigenvalue weighted by molar-refractivity contribution is 7.99. The SMILES string of the molecule is CCCNC(C)c1ccc(SCCCO)c(F)c1. The van der Waals surface area contributed by atoms with E-state index in [1.54, 1.807) is 6.07 Å². The largest absolute Gasteiger partial charge is 0.396 e. The number of hydrogen-bond acceptors (Lipinski definition) is 3. The molecule has 0 aliphatic rings. The van der Waals surface area contributed by atoms with Crippen LogP contribution >= 0.6 is 11.8 Å². The van der Waals surface area contributed by atoms with Crippen LogP contribution < -0.4 is 5.32 Å². The van der Waals surface area contributed by atoms with Crippen LogP contribution in [0.3, 0.4) is 0 Å². The fourth-order valence-electron chi connectivity index (χ4n) is 1.63. The zero-order valence-corrected chi connectivity index (χ0v) is 11.9. The molecule has 0 amide bonds. The Morgan fingerprint density at radius 3 is 2.83 bits per heavy atom. The molecular weight excluding hydrogens is 249 g/mol. The van der Waals surface area contributed by atoms with E-state index in [9.17, 15) is 4.39 Å². The first kappa shape index (κ1) is 15.5. The predicted molar refractivity (Wildman–Crippen MR) is 75.5 cm³/mol. The van der Waals surface area contributed by atoms with Crippen molar-refractivity contribution in [3.8, 4) is 0 Å². The molecule has 1 atom stereocenters. The molecule has 0 heterocycles. The molecule has 0 aliphatic carbocycles. The number of aliphatic hydroxyl groups is 1. The molecule has 0 aliphatic heterocycles. The lowest BCUT2D eigenvalue weighted by Gasteiger charge is -2.14. The summed E-state index contributed by atoms with van der Waals surface area (Å²) in [4.78, 5) is 0.662. The van der Waals surface area contributed by atoms with E-state index in [0.29, 0.717) is 11.3 Å². The van der Waals surface area contributed by atoms with Crippen molar-refractivity contribution in [2.24, 2.45) is 0 Å². The van der Waals surface area contributed by atoms with Crippen LogP contribution in [-0.4, -0.2) is 24.0 Å². The molecule has 0 radical (unpaired) electrons. The molecule has 1 aromatic rings. The Labute approximate surface area is 113 Å². The van der Waals surface area contributed by atoms with E-state index in [1.807, 2.05) is 19.1 Å². The first-order valence-corrected chi connectivity index (χ1v) is 7.44. The minimum Gasteiger partial charge on any atom is -0.396 e. The number of benzene rings is 1. The highest BCUT2D eigenvalue weighted by Gasteiger charge is 2.08. The summed E-state index contributed by atoms with van der Waals surface area (Å²) < 4.78 is 13.8. The molecule has 2 nitrogen and oxygen atoms in total. The van der Waals surface area contributed by atoms with E-state index in [1.165, 1.54) is 11.8 Å². The smallest absolute Gasteiger partial charge is 0.137 e. The van der Waals surface area contributed by atoms with Crippen LogP contribution in [-0.2, 0) is 0 Å². The average Bonchev–Trinajstić information content (AvgIpc) is 2.38. The van der Waals surface area contributed by atoms with Crippen molar-refractivity contribution >= 4 is 11.8 Å². The second-order valence-electron chi connectivity index (χ2n) is 4.29. The Balaban J connectivity index is 2.60. The van der Waals surface area contributed by atoms with Gasteiger partial charge < -0.3 is 10.4 Å². The number of nitrogens with one attached hydrogen (secondary N) is 1. The third-order valence-corrected chi connectivity index (χ3v) is 3.85. The fraction of sp³-hybridized carbons (Fsp3) is 0.571. The second-order valence-corrected chi connectivity index (χ2v) is 5.43. The fourth-order valence-corrected chi connectivity index (χ4v) is 2.48. The highest BCUT2D eigenvalue weighted by Crippen LogP contribution is 2.25. The van der Waals surface area contributed by atoms with E-state index in [2.05, 4.69) is 12.2 Å². The zero-order valence-electron chi connectivity index (χ0n) is 11.1. The average molecular weight is 271 g/mol. The zero-order chi connectivity index (χ0) is 13.4. The number of hydrogen-bond donors (Lipinski definition) is 2. The van der Waals surface area contributed by atoms with Crippen molar-refractivity contribution in [3.63, 3.8) is 0 Å². The van der Waals surface area contributed by atoms with Crippen LogP contribution in [0, 0.1) is 5.82 Å². The van der Waals surface area contributed by atoms with Gasteiger partial charge in [-0.2, -0.15) is 0 Å². The third-order valence-electron chi connectivity index (χ3n) is 2.72. The maximum absolute atomic E-state index is 13.8. The first-order valence-electron chi connectivity index (χ1n) is 6.45. The number of halogens is 1. The van der Waals surface area contributed by atoms with Crippen molar-refractivity contribution in [2.75, 3.05) is 18.9 Å². The van der Waals surface area contributed by atoms with E-state index < -0.39 is 0 Å². The maximum atomic E-state index is 13.8. The van der Waals surface area contributed by atoms with E-state index in [-0.39, 0.29) is 18.5 Å². The summed E-state index contributed by atoms with van der Waals surface area (Å²) >= 11 is 1.45. The molecule has 1 aromatic carbocycles. The third kappa shape index (κ3) is 4.96. The molecule has 18 heavy (non-hydrogen) atoms. The van der Waals surface area contributed by atoms with Crippen LogP contribution in [0.2, 0.25) is 0 Å². The molecule has 0 saturated heterocycles. The molecule has 4 heteroatoms. The molecule has 1 rings (SSSR count). The topological polar surface area (TPSA) is 32.3 Å². The number of rotatable bonds is 8. The number of thioether (sulfide) groups is 1. The standard InChI is InChI=1S/C14H22FNOS/c1-3-7-16-11(2)12-5-6-14(13(15)10-12)18-9-4-8-17/h5-6,10-11,16-17H,3-4,7-9H2,1-2H3. The first-order chi connectivity index (χ1) is 8.69. The van der Waals surface area contributed by atoms with Gasteiger partial charge in [0.05, 0.1) is 0 Å². The van der Waals surface area contributed by atoms with Gasteiger partial charge in [0.25, 0.3) is 0 Å². The van der Waals surface area contributed by atoms with E-state index in [0.717, 1.165) is 24.3 Å². The van der Waals surface area contributed by atoms with Crippen LogP contribution in [0.25, 0.3) is 0 Å². The molecule has 0 saturated carbocycles. The summed E-state index contributed by atoms with van der Waals surface area (Å²) in [6.45, 7) is 5.25. The quantitative estimate of drug-likeness (QED) is 0.562. The molecule has 2 N–H and O–H groups in total. The van der Waals surface area contributed by atoms with Gasteiger partial charge in [0.15, 0.2) is 0 Å². The van der Waals surface area contributed by atoms with Gasteiger partial charge in [-0.05, 0) is 44.0 Å². The number of aliphatic hydroxyl groups excluding tert-OH is 1.